The van der Waals surface area contributed by atoms with Gasteiger partial charge in [0.15, 0.2) is 5.82 Å². The molecule has 1 amide bonds. The maximum atomic E-state index is 12.5. The summed E-state index contributed by atoms with van der Waals surface area (Å²) in [4.78, 5) is 12.5. The molecule has 0 aliphatic heterocycles. The van der Waals surface area contributed by atoms with Crippen LogP contribution in [0.3, 0.4) is 0 Å². The highest BCUT2D eigenvalue weighted by molar-refractivity contribution is 7.92. The third-order valence-corrected chi connectivity index (χ3v) is 5.34. The largest absolute Gasteiger partial charge is 0.493 e. The van der Waals surface area contributed by atoms with Crippen LogP contribution in [-0.4, -0.2) is 26.1 Å². The van der Waals surface area contributed by atoms with Gasteiger partial charge >= 0.3 is 0 Å². The van der Waals surface area contributed by atoms with E-state index in [1.165, 1.54) is 30.3 Å². The molecule has 9 heteroatoms. The van der Waals surface area contributed by atoms with Crippen LogP contribution in [0.4, 0.5) is 11.5 Å². The first-order chi connectivity index (χ1) is 14.2. The van der Waals surface area contributed by atoms with Gasteiger partial charge in [0.05, 0.1) is 11.5 Å². The number of aryl methyl sites for hydroxylation is 1. The van der Waals surface area contributed by atoms with Gasteiger partial charge in [-0.25, -0.2) is 8.42 Å². The number of carbonyl (C=O) groups excluding carboxylic acids is 1. The van der Waals surface area contributed by atoms with Gasteiger partial charge < -0.3 is 14.6 Å². The molecule has 0 radical (unpaired) electrons. The predicted molar refractivity (Wildman–Crippen MR) is 113 cm³/mol. The van der Waals surface area contributed by atoms with Crippen molar-refractivity contribution in [3.8, 4) is 5.75 Å². The lowest BCUT2D eigenvalue weighted by Crippen LogP contribution is -2.14. The van der Waals surface area contributed by atoms with Crippen molar-refractivity contribution in [2.45, 2.75) is 25.7 Å². The maximum Gasteiger partial charge on any atom is 0.263 e. The van der Waals surface area contributed by atoms with Crippen molar-refractivity contribution in [1.82, 2.24) is 5.16 Å². The number of rotatable bonds is 8. The summed E-state index contributed by atoms with van der Waals surface area (Å²) < 4.78 is 37.7. The number of nitrogens with one attached hydrogen (secondary N) is 2. The van der Waals surface area contributed by atoms with E-state index in [2.05, 4.69) is 15.2 Å². The number of nitrogens with zero attached hydrogens (tertiary/aromatic N) is 1. The third-order valence-electron chi connectivity index (χ3n) is 3.97. The molecule has 0 aliphatic rings. The lowest BCUT2D eigenvalue weighted by atomic mass is 10.2. The monoisotopic (exact) mass is 429 g/mol. The maximum absolute atomic E-state index is 12.5. The highest BCUT2D eigenvalue weighted by atomic mass is 32.2. The van der Waals surface area contributed by atoms with Crippen molar-refractivity contribution < 1.29 is 22.5 Å². The fourth-order valence-corrected chi connectivity index (χ4v) is 3.51. The van der Waals surface area contributed by atoms with Crippen molar-refractivity contribution in [2.24, 2.45) is 5.92 Å². The molecule has 0 fully saturated rings. The highest BCUT2D eigenvalue weighted by Crippen LogP contribution is 2.20. The zero-order chi connectivity index (χ0) is 21.7. The van der Waals surface area contributed by atoms with E-state index in [0.29, 0.717) is 35.3 Å². The Kier molecular flexibility index (Phi) is 6.41. The first kappa shape index (κ1) is 21.4. The van der Waals surface area contributed by atoms with Crippen LogP contribution in [0.25, 0.3) is 0 Å². The minimum absolute atomic E-state index is 0.0326. The van der Waals surface area contributed by atoms with Gasteiger partial charge in [0.2, 0.25) is 0 Å². The van der Waals surface area contributed by atoms with Gasteiger partial charge in [-0.2, -0.15) is 0 Å². The summed E-state index contributed by atoms with van der Waals surface area (Å²) in [6, 6.07) is 14.2. The van der Waals surface area contributed by atoms with Crippen LogP contribution in [0.15, 0.2) is 64.0 Å². The molecule has 0 bridgehead atoms. The van der Waals surface area contributed by atoms with Gasteiger partial charge in [-0.3, -0.25) is 9.52 Å². The average Bonchev–Trinajstić information content (AvgIpc) is 3.11. The number of amides is 1. The van der Waals surface area contributed by atoms with Crippen molar-refractivity contribution >= 4 is 27.4 Å². The lowest BCUT2D eigenvalue weighted by Gasteiger charge is -2.11. The summed E-state index contributed by atoms with van der Waals surface area (Å²) in [5.41, 5.74) is 0.903. The molecule has 1 aromatic heterocycles. The molecule has 0 saturated carbocycles. The Bertz CT molecular complexity index is 1120. The van der Waals surface area contributed by atoms with Crippen molar-refractivity contribution in [2.75, 3.05) is 16.6 Å². The summed E-state index contributed by atoms with van der Waals surface area (Å²) in [6.45, 7) is 6.31. The molecule has 2 aromatic carbocycles. The SMILES string of the molecule is Cc1cc(NS(=O)(=O)c2ccc(NC(=O)c3cccc(OCC(C)C)c3)cc2)no1. The third kappa shape index (κ3) is 5.60. The Balaban J connectivity index is 1.66. The quantitative estimate of drug-likeness (QED) is 0.558. The fourth-order valence-electron chi connectivity index (χ4n) is 2.52. The molecular weight excluding hydrogens is 406 g/mol. The number of carbonyl (C=O) groups is 1. The van der Waals surface area contributed by atoms with Crippen molar-refractivity contribution in [3.05, 3.63) is 65.9 Å². The molecule has 30 heavy (non-hydrogen) atoms. The molecule has 3 rings (SSSR count). The number of sulfonamides is 1. The second-order valence-electron chi connectivity index (χ2n) is 7.14. The predicted octanol–water partition coefficient (Wildman–Crippen LogP) is 4.07. The Morgan fingerprint density at radius 1 is 1.13 bits per heavy atom. The van der Waals surface area contributed by atoms with Gasteiger partial charge in [-0.1, -0.05) is 25.1 Å². The van der Waals surface area contributed by atoms with Crippen LogP contribution in [0, 0.1) is 12.8 Å². The average molecular weight is 429 g/mol. The van der Waals surface area contributed by atoms with Crippen LogP contribution in [-0.2, 0) is 10.0 Å². The molecule has 2 N–H and O–H groups in total. The normalized spacial score (nSPS) is 11.3. The van der Waals surface area contributed by atoms with E-state index in [9.17, 15) is 13.2 Å². The van der Waals surface area contributed by atoms with Crippen LogP contribution in [0.1, 0.15) is 30.0 Å². The number of aromatic nitrogens is 1. The molecule has 0 spiro atoms. The second kappa shape index (κ2) is 9.00. The van der Waals surface area contributed by atoms with Gasteiger partial charge in [0, 0.05) is 17.3 Å². The van der Waals surface area contributed by atoms with Crippen LogP contribution in [0.2, 0.25) is 0 Å². The van der Waals surface area contributed by atoms with Gasteiger partial charge in [0.1, 0.15) is 11.5 Å². The molecule has 1 heterocycles. The Morgan fingerprint density at radius 2 is 1.87 bits per heavy atom. The Morgan fingerprint density at radius 3 is 2.50 bits per heavy atom. The fraction of sp³-hybridized carbons (Fsp3) is 0.238. The molecule has 0 unspecified atom stereocenters. The summed E-state index contributed by atoms with van der Waals surface area (Å²) in [6.07, 6.45) is 0. The summed E-state index contributed by atoms with van der Waals surface area (Å²) >= 11 is 0. The van der Waals surface area contributed by atoms with Crippen LogP contribution in [0.5, 0.6) is 5.75 Å². The topological polar surface area (TPSA) is 111 Å². The second-order valence-corrected chi connectivity index (χ2v) is 8.82. The van der Waals surface area contributed by atoms with E-state index in [1.807, 2.05) is 13.8 Å². The summed E-state index contributed by atoms with van der Waals surface area (Å²) in [7, 11) is -3.82. The minimum Gasteiger partial charge on any atom is -0.493 e. The van der Waals surface area contributed by atoms with Gasteiger partial charge in [-0.05, 0) is 55.3 Å². The van der Waals surface area contributed by atoms with E-state index >= 15 is 0 Å². The number of anilines is 2. The van der Waals surface area contributed by atoms with Crippen molar-refractivity contribution in [1.29, 1.82) is 0 Å². The Labute approximate surface area is 175 Å². The standard InChI is InChI=1S/C21H23N3O5S/c1-14(2)13-28-18-6-4-5-16(12-18)21(25)22-17-7-9-19(10-8-17)30(26,27)24-20-11-15(3)29-23-20/h4-12,14H,13H2,1-3H3,(H,22,25)(H,23,24). The van der Waals surface area contributed by atoms with E-state index in [1.54, 1.807) is 31.2 Å². The number of hydrogen-bond acceptors (Lipinski definition) is 6. The number of hydrogen-bond donors (Lipinski definition) is 2. The highest BCUT2D eigenvalue weighted by Gasteiger charge is 2.16. The molecule has 0 saturated heterocycles. The molecule has 158 valence electrons. The zero-order valence-electron chi connectivity index (χ0n) is 16.9. The molecule has 3 aromatic rings. The summed E-state index contributed by atoms with van der Waals surface area (Å²) in [5.74, 6) is 1.26. The van der Waals surface area contributed by atoms with Crippen molar-refractivity contribution in [3.63, 3.8) is 0 Å². The summed E-state index contributed by atoms with van der Waals surface area (Å²) in [5, 5.41) is 6.36. The van der Waals surface area contributed by atoms with Gasteiger partial charge in [0.25, 0.3) is 15.9 Å². The van der Waals surface area contributed by atoms with E-state index in [0.717, 1.165) is 0 Å². The Hall–Kier alpha value is -3.33. The number of ether oxygens (including phenoxy) is 1. The number of benzene rings is 2. The van der Waals surface area contributed by atoms with Crippen LogP contribution >= 0.6 is 0 Å². The van der Waals surface area contributed by atoms with E-state index < -0.39 is 10.0 Å². The van der Waals surface area contributed by atoms with E-state index in [4.69, 9.17) is 9.26 Å². The van der Waals surface area contributed by atoms with E-state index in [-0.39, 0.29) is 16.6 Å². The van der Waals surface area contributed by atoms with Crippen LogP contribution < -0.4 is 14.8 Å². The smallest absolute Gasteiger partial charge is 0.263 e. The molecule has 0 atom stereocenters. The van der Waals surface area contributed by atoms with Gasteiger partial charge in [-0.15, -0.1) is 0 Å². The first-order valence-electron chi connectivity index (χ1n) is 9.33. The molecular formula is C21H23N3O5S. The molecule has 8 nitrogen and oxygen atoms in total. The first-order valence-corrected chi connectivity index (χ1v) is 10.8. The minimum atomic E-state index is -3.82. The lowest BCUT2D eigenvalue weighted by molar-refractivity contribution is 0.102. The molecule has 0 aliphatic carbocycles. The zero-order valence-corrected chi connectivity index (χ0v) is 17.7.